The van der Waals surface area contributed by atoms with Crippen LogP contribution in [-0.2, 0) is 4.74 Å². The largest absolute Gasteiger partial charge is 0.383 e. The SMILES string of the molecule is CN=C(NCCOC)NC(C)CCC(C)(C)C.I. The number of aliphatic imine (C=N–C) groups is 1. The van der Waals surface area contributed by atoms with Crippen molar-refractivity contribution >= 4 is 29.9 Å². The van der Waals surface area contributed by atoms with Gasteiger partial charge in [-0.25, -0.2) is 0 Å². The predicted molar refractivity (Wildman–Crippen MR) is 89.9 cm³/mol. The Kier molecular flexibility index (Phi) is 12.2. The Hall–Kier alpha value is -0.0400. The second-order valence-corrected chi connectivity index (χ2v) is 5.64. The molecule has 2 N–H and O–H groups in total. The molecular weight excluding hydrogens is 341 g/mol. The Morgan fingerprint density at radius 1 is 1.33 bits per heavy atom. The Morgan fingerprint density at radius 2 is 1.94 bits per heavy atom. The number of ether oxygens (including phenoxy) is 1. The highest BCUT2D eigenvalue weighted by Crippen LogP contribution is 2.21. The summed E-state index contributed by atoms with van der Waals surface area (Å²) in [6.07, 6.45) is 2.35. The molecular formula is C13H30IN3O. The molecule has 0 saturated carbocycles. The molecule has 0 fully saturated rings. The third-order valence-corrected chi connectivity index (χ3v) is 2.53. The molecule has 0 aromatic carbocycles. The minimum Gasteiger partial charge on any atom is -0.383 e. The first-order valence-corrected chi connectivity index (χ1v) is 6.35. The topological polar surface area (TPSA) is 45.7 Å². The fraction of sp³-hybridized carbons (Fsp3) is 0.923. The molecule has 0 radical (unpaired) electrons. The average molecular weight is 371 g/mol. The number of nitrogens with one attached hydrogen (secondary N) is 2. The van der Waals surface area contributed by atoms with E-state index in [1.54, 1.807) is 14.2 Å². The van der Waals surface area contributed by atoms with Gasteiger partial charge in [-0.05, 0) is 25.2 Å². The molecule has 0 aromatic heterocycles. The lowest BCUT2D eigenvalue weighted by atomic mass is 9.89. The van der Waals surface area contributed by atoms with E-state index in [1.165, 1.54) is 6.42 Å². The minimum absolute atomic E-state index is 0. The van der Waals surface area contributed by atoms with E-state index >= 15 is 0 Å². The number of methoxy groups -OCH3 is 1. The molecule has 110 valence electrons. The number of rotatable bonds is 6. The fourth-order valence-electron chi connectivity index (χ4n) is 1.42. The van der Waals surface area contributed by atoms with Crippen LogP contribution in [0.5, 0.6) is 0 Å². The number of nitrogens with zero attached hydrogens (tertiary/aromatic N) is 1. The van der Waals surface area contributed by atoms with E-state index in [-0.39, 0.29) is 24.0 Å². The van der Waals surface area contributed by atoms with Crippen molar-refractivity contribution in [3.63, 3.8) is 0 Å². The van der Waals surface area contributed by atoms with Crippen LogP contribution in [0.2, 0.25) is 0 Å². The van der Waals surface area contributed by atoms with Crippen LogP contribution in [0, 0.1) is 5.41 Å². The summed E-state index contributed by atoms with van der Waals surface area (Å²) in [6, 6.07) is 0.433. The molecule has 0 aliphatic carbocycles. The molecule has 0 spiro atoms. The highest BCUT2D eigenvalue weighted by atomic mass is 127. The molecule has 0 rings (SSSR count). The second-order valence-electron chi connectivity index (χ2n) is 5.64. The summed E-state index contributed by atoms with van der Waals surface area (Å²) in [4.78, 5) is 4.18. The van der Waals surface area contributed by atoms with Crippen LogP contribution in [0.15, 0.2) is 4.99 Å². The average Bonchev–Trinajstić information content (AvgIpc) is 2.24. The van der Waals surface area contributed by atoms with Crippen LogP contribution in [-0.4, -0.2) is 39.3 Å². The summed E-state index contributed by atoms with van der Waals surface area (Å²) in [5.41, 5.74) is 0.392. The Labute approximate surface area is 129 Å². The second kappa shape index (κ2) is 10.8. The molecule has 1 atom stereocenters. The number of halogens is 1. The lowest BCUT2D eigenvalue weighted by Crippen LogP contribution is -2.43. The van der Waals surface area contributed by atoms with Gasteiger partial charge in [-0.1, -0.05) is 20.8 Å². The van der Waals surface area contributed by atoms with E-state index in [4.69, 9.17) is 4.74 Å². The first-order chi connectivity index (χ1) is 7.89. The summed E-state index contributed by atoms with van der Waals surface area (Å²) in [5, 5.41) is 6.59. The smallest absolute Gasteiger partial charge is 0.191 e. The normalized spacial score (nSPS) is 13.8. The highest BCUT2D eigenvalue weighted by Gasteiger charge is 2.13. The van der Waals surface area contributed by atoms with Gasteiger partial charge in [-0.15, -0.1) is 24.0 Å². The molecule has 0 amide bonds. The van der Waals surface area contributed by atoms with Gasteiger partial charge in [0, 0.05) is 26.7 Å². The van der Waals surface area contributed by atoms with Crippen molar-refractivity contribution in [1.82, 2.24) is 10.6 Å². The number of hydrogen-bond donors (Lipinski definition) is 2. The highest BCUT2D eigenvalue weighted by molar-refractivity contribution is 14.0. The first-order valence-electron chi connectivity index (χ1n) is 6.35. The molecule has 0 bridgehead atoms. The van der Waals surface area contributed by atoms with Gasteiger partial charge in [-0.2, -0.15) is 0 Å². The zero-order valence-electron chi connectivity index (χ0n) is 12.7. The summed E-state index contributed by atoms with van der Waals surface area (Å²) < 4.78 is 4.99. The Balaban J connectivity index is 0. The van der Waals surface area contributed by atoms with E-state index in [9.17, 15) is 0 Å². The lowest BCUT2D eigenvalue weighted by molar-refractivity contribution is 0.203. The van der Waals surface area contributed by atoms with Crippen LogP contribution in [0.1, 0.15) is 40.5 Å². The first kappa shape index (κ1) is 20.3. The quantitative estimate of drug-likeness (QED) is 0.327. The number of hydrogen-bond acceptors (Lipinski definition) is 2. The molecule has 1 unspecified atom stereocenters. The van der Waals surface area contributed by atoms with Crippen molar-refractivity contribution in [2.45, 2.75) is 46.6 Å². The summed E-state index contributed by atoms with van der Waals surface area (Å²) in [7, 11) is 3.49. The van der Waals surface area contributed by atoms with Gasteiger partial charge in [-0.3, -0.25) is 4.99 Å². The van der Waals surface area contributed by atoms with Gasteiger partial charge in [0.1, 0.15) is 0 Å². The fourth-order valence-corrected chi connectivity index (χ4v) is 1.42. The predicted octanol–water partition coefficient (Wildman–Crippen LogP) is 2.63. The number of guanidine groups is 1. The van der Waals surface area contributed by atoms with Crippen molar-refractivity contribution in [2.75, 3.05) is 27.3 Å². The van der Waals surface area contributed by atoms with Crippen LogP contribution in [0.3, 0.4) is 0 Å². The van der Waals surface area contributed by atoms with E-state index in [2.05, 4.69) is 43.3 Å². The van der Waals surface area contributed by atoms with Crippen LogP contribution in [0.25, 0.3) is 0 Å². The Bertz CT molecular complexity index is 227. The molecule has 4 nitrogen and oxygen atoms in total. The monoisotopic (exact) mass is 371 g/mol. The van der Waals surface area contributed by atoms with Crippen molar-refractivity contribution in [3.05, 3.63) is 0 Å². The third kappa shape index (κ3) is 12.4. The van der Waals surface area contributed by atoms with Crippen LogP contribution >= 0.6 is 24.0 Å². The van der Waals surface area contributed by atoms with Gasteiger partial charge < -0.3 is 15.4 Å². The summed E-state index contributed by atoms with van der Waals surface area (Å²) >= 11 is 0. The molecule has 0 heterocycles. The maximum absolute atomic E-state index is 4.99. The van der Waals surface area contributed by atoms with Gasteiger partial charge in [0.15, 0.2) is 5.96 Å². The maximum Gasteiger partial charge on any atom is 0.191 e. The molecule has 18 heavy (non-hydrogen) atoms. The van der Waals surface area contributed by atoms with Crippen molar-refractivity contribution in [1.29, 1.82) is 0 Å². The van der Waals surface area contributed by atoms with E-state index in [0.29, 0.717) is 18.1 Å². The van der Waals surface area contributed by atoms with Crippen LogP contribution < -0.4 is 10.6 Å². The molecule has 5 heteroatoms. The van der Waals surface area contributed by atoms with Crippen molar-refractivity contribution in [2.24, 2.45) is 10.4 Å². The van der Waals surface area contributed by atoms with Crippen LogP contribution in [0.4, 0.5) is 0 Å². The summed E-state index contributed by atoms with van der Waals surface area (Å²) in [5.74, 6) is 0.850. The van der Waals surface area contributed by atoms with Gasteiger partial charge in [0.05, 0.1) is 6.61 Å². The van der Waals surface area contributed by atoms with Crippen molar-refractivity contribution < 1.29 is 4.74 Å². The zero-order valence-corrected chi connectivity index (χ0v) is 15.0. The minimum atomic E-state index is 0. The molecule has 0 aromatic rings. The molecule has 0 aliphatic rings. The van der Waals surface area contributed by atoms with E-state index < -0.39 is 0 Å². The molecule has 0 aliphatic heterocycles. The van der Waals surface area contributed by atoms with Crippen molar-refractivity contribution in [3.8, 4) is 0 Å². The standard InChI is InChI=1S/C13H29N3O.HI/c1-11(7-8-13(2,3)4)16-12(14-5)15-9-10-17-6;/h11H,7-10H2,1-6H3,(H2,14,15,16);1H. The van der Waals surface area contributed by atoms with E-state index in [0.717, 1.165) is 18.9 Å². The third-order valence-electron chi connectivity index (χ3n) is 2.53. The molecule has 0 saturated heterocycles. The van der Waals surface area contributed by atoms with Gasteiger partial charge in [0.2, 0.25) is 0 Å². The van der Waals surface area contributed by atoms with Gasteiger partial charge in [0.25, 0.3) is 0 Å². The zero-order chi connectivity index (χ0) is 13.3. The Morgan fingerprint density at radius 3 is 2.39 bits per heavy atom. The summed E-state index contributed by atoms with van der Waals surface area (Å²) in [6.45, 7) is 10.5. The van der Waals surface area contributed by atoms with Gasteiger partial charge >= 0.3 is 0 Å². The maximum atomic E-state index is 4.99. The van der Waals surface area contributed by atoms with E-state index in [1.807, 2.05) is 0 Å². The lowest BCUT2D eigenvalue weighted by Gasteiger charge is -2.23.